The summed E-state index contributed by atoms with van der Waals surface area (Å²) in [6.07, 6.45) is 3.04. The third-order valence-corrected chi connectivity index (χ3v) is 5.24. The van der Waals surface area contributed by atoms with E-state index in [9.17, 15) is 14.4 Å². The molecular formula is C25H32N4O4. The number of aliphatic carboxylic acids is 1. The van der Waals surface area contributed by atoms with Crippen molar-refractivity contribution in [3.8, 4) is 0 Å². The molecule has 0 aliphatic carbocycles. The van der Waals surface area contributed by atoms with Gasteiger partial charge in [0.2, 0.25) is 11.8 Å². The van der Waals surface area contributed by atoms with E-state index in [1.54, 1.807) is 0 Å². The highest BCUT2D eigenvalue weighted by Crippen LogP contribution is 2.08. The predicted molar refractivity (Wildman–Crippen MR) is 127 cm³/mol. The van der Waals surface area contributed by atoms with Gasteiger partial charge in [-0.3, -0.25) is 19.8 Å². The number of aryl methyl sites for hydroxylation is 2. The van der Waals surface area contributed by atoms with Crippen molar-refractivity contribution in [2.75, 3.05) is 6.54 Å². The predicted octanol–water partition coefficient (Wildman–Crippen LogP) is 2.39. The van der Waals surface area contributed by atoms with Gasteiger partial charge in [0.25, 0.3) is 0 Å². The molecule has 0 spiro atoms. The fourth-order valence-corrected chi connectivity index (χ4v) is 3.35. The number of rotatable bonds is 14. The summed E-state index contributed by atoms with van der Waals surface area (Å²) in [5, 5.41) is 21.9. The lowest BCUT2D eigenvalue weighted by molar-refractivity contribution is -0.138. The monoisotopic (exact) mass is 452 g/mol. The van der Waals surface area contributed by atoms with Crippen molar-refractivity contribution in [2.24, 2.45) is 5.73 Å². The van der Waals surface area contributed by atoms with E-state index >= 15 is 0 Å². The van der Waals surface area contributed by atoms with Gasteiger partial charge in [0.1, 0.15) is 11.9 Å². The molecule has 0 saturated carbocycles. The van der Waals surface area contributed by atoms with Gasteiger partial charge in [0.15, 0.2) is 0 Å². The van der Waals surface area contributed by atoms with Crippen LogP contribution in [0, 0.1) is 5.41 Å². The minimum Gasteiger partial charge on any atom is -0.481 e. The second kappa shape index (κ2) is 13.7. The third kappa shape index (κ3) is 9.99. The summed E-state index contributed by atoms with van der Waals surface area (Å²) < 4.78 is 0. The number of hydrogen-bond donors (Lipinski definition) is 5. The van der Waals surface area contributed by atoms with Crippen LogP contribution >= 0.6 is 0 Å². The van der Waals surface area contributed by atoms with Crippen LogP contribution in [0.1, 0.15) is 48.8 Å². The van der Waals surface area contributed by atoms with Gasteiger partial charge >= 0.3 is 5.97 Å². The average Bonchev–Trinajstić information content (AvgIpc) is 2.81. The van der Waals surface area contributed by atoms with Crippen LogP contribution in [0.25, 0.3) is 0 Å². The average molecular weight is 453 g/mol. The van der Waals surface area contributed by atoms with Crippen LogP contribution in [-0.4, -0.2) is 41.3 Å². The summed E-state index contributed by atoms with van der Waals surface area (Å²) in [6.45, 7) is 0.438. The molecule has 0 radical (unpaired) electrons. The van der Waals surface area contributed by atoms with Gasteiger partial charge < -0.3 is 21.5 Å². The van der Waals surface area contributed by atoms with Crippen molar-refractivity contribution in [1.82, 2.24) is 10.6 Å². The van der Waals surface area contributed by atoms with Crippen LogP contribution in [0.4, 0.5) is 0 Å². The number of carbonyl (C=O) groups is 3. The van der Waals surface area contributed by atoms with Crippen molar-refractivity contribution >= 4 is 23.6 Å². The molecule has 0 heterocycles. The van der Waals surface area contributed by atoms with Gasteiger partial charge in [0.05, 0.1) is 0 Å². The Balaban J connectivity index is 1.75. The molecule has 0 fully saturated rings. The maximum Gasteiger partial charge on any atom is 0.303 e. The standard InChI is InChI=1S/C25H32N4O4/c26-24(27)20-12-9-19(10-13-20)8-4-5-17-28-25(33)21(14-16-23(31)32)29-22(30)15-11-18-6-2-1-3-7-18/h1-3,6-7,9-10,12-13,21H,4-5,8,11,14-17H2,(H3,26,27)(H,28,33)(H,29,30)(H,31,32)/t21-/m0/s1. The van der Waals surface area contributed by atoms with E-state index in [-0.39, 0.29) is 36.9 Å². The first-order chi connectivity index (χ1) is 15.8. The third-order valence-electron chi connectivity index (χ3n) is 5.24. The van der Waals surface area contributed by atoms with Crippen molar-refractivity contribution in [2.45, 2.75) is 51.0 Å². The number of carboxylic acids is 1. The zero-order chi connectivity index (χ0) is 24.1. The Kier molecular flexibility index (Phi) is 10.6. The topological polar surface area (TPSA) is 145 Å². The van der Waals surface area contributed by atoms with Gasteiger partial charge in [-0.15, -0.1) is 0 Å². The normalized spacial score (nSPS) is 11.4. The lowest BCUT2D eigenvalue weighted by Crippen LogP contribution is -2.47. The molecule has 0 saturated heterocycles. The number of amides is 2. The molecule has 2 aromatic carbocycles. The molecule has 8 heteroatoms. The molecule has 2 amide bonds. The van der Waals surface area contributed by atoms with Crippen molar-refractivity contribution < 1.29 is 19.5 Å². The minimum atomic E-state index is -1.01. The Morgan fingerprint density at radius 2 is 1.58 bits per heavy atom. The number of carboxylic acid groups (broad SMARTS) is 1. The summed E-state index contributed by atoms with van der Waals surface area (Å²) in [6, 6.07) is 16.2. The zero-order valence-corrected chi connectivity index (χ0v) is 18.7. The molecule has 176 valence electrons. The molecule has 0 aliphatic heterocycles. The maximum atomic E-state index is 12.5. The maximum absolute atomic E-state index is 12.5. The number of nitrogens with two attached hydrogens (primary N) is 1. The van der Waals surface area contributed by atoms with E-state index in [1.807, 2.05) is 54.6 Å². The zero-order valence-electron chi connectivity index (χ0n) is 18.7. The van der Waals surface area contributed by atoms with Crippen LogP contribution < -0.4 is 16.4 Å². The Morgan fingerprint density at radius 1 is 0.909 bits per heavy atom. The van der Waals surface area contributed by atoms with Gasteiger partial charge in [-0.2, -0.15) is 0 Å². The van der Waals surface area contributed by atoms with E-state index in [4.69, 9.17) is 16.2 Å². The molecular weight excluding hydrogens is 420 g/mol. The Hall–Kier alpha value is -3.68. The number of hydrogen-bond acceptors (Lipinski definition) is 4. The number of carbonyl (C=O) groups excluding carboxylic acids is 2. The highest BCUT2D eigenvalue weighted by Gasteiger charge is 2.21. The number of unbranched alkanes of at least 4 members (excludes halogenated alkanes) is 1. The SMILES string of the molecule is N=C(N)c1ccc(CCCCNC(=O)[C@H](CCC(=O)O)NC(=O)CCc2ccccc2)cc1. The summed E-state index contributed by atoms with van der Waals surface area (Å²) >= 11 is 0. The van der Waals surface area contributed by atoms with Crippen LogP contribution in [0.15, 0.2) is 54.6 Å². The Labute approximate surface area is 194 Å². The summed E-state index contributed by atoms with van der Waals surface area (Å²) in [5.74, 6) is -1.62. The number of nitrogen functional groups attached to an aromatic ring is 1. The minimum absolute atomic E-state index is 0.0360. The molecule has 0 aromatic heterocycles. The second-order valence-electron chi connectivity index (χ2n) is 7.90. The van der Waals surface area contributed by atoms with Gasteiger partial charge in [-0.1, -0.05) is 54.6 Å². The molecule has 33 heavy (non-hydrogen) atoms. The largest absolute Gasteiger partial charge is 0.481 e. The summed E-state index contributed by atoms with van der Waals surface area (Å²) in [5.41, 5.74) is 8.28. The van der Waals surface area contributed by atoms with Crippen LogP contribution in [0.2, 0.25) is 0 Å². The summed E-state index contributed by atoms with van der Waals surface area (Å²) in [7, 11) is 0. The lowest BCUT2D eigenvalue weighted by Gasteiger charge is -2.18. The molecule has 8 nitrogen and oxygen atoms in total. The van der Waals surface area contributed by atoms with E-state index < -0.39 is 12.0 Å². The smallest absolute Gasteiger partial charge is 0.303 e. The fraction of sp³-hybridized carbons (Fsp3) is 0.360. The van der Waals surface area contributed by atoms with Crippen molar-refractivity contribution in [3.05, 3.63) is 71.3 Å². The molecule has 2 aromatic rings. The number of amidine groups is 1. The van der Waals surface area contributed by atoms with Gasteiger partial charge in [-0.25, -0.2) is 0 Å². The molecule has 6 N–H and O–H groups in total. The highest BCUT2D eigenvalue weighted by atomic mass is 16.4. The van der Waals surface area contributed by atoms with E-state index in [0.717, 1.165) is 30.4 Å². The van der Waals surface area contributed by atoms with Crippen LogP contribution in [-0.2, 0) is 27.2 Å². The first-order valence-electron chi connectivity index (χ1n) is 11.1. The van der Waals surface area contributed by atoms with E-state index in [1.165, 1.54) is 0 Å². The van der Waals surface area contributed by atoms with E-state index in [0.29, 0.717) is 18.5 Å². The quantitative estimate of drug-likeness (QED) is 0.170. The lowest BCUT2D eigenvalue weighted by atomic mass is 10.1. The van der Waals surface area contributed by atoms with Gasteiger partial charge in [0, 0.05) is 24.9 Å². The van der Waals surface area contributed by atoms with Gasteiger partial charge in [-0.05, 0) is 43.2 Å². The molecule has 0 unspecified atom stereocenters. The molecule has 0 bridgehead atoms. The summed E-state index contributed by atoms with van der Waals surface area (Å²) in [4.78, 5) is 35.8. The molecule has 2 rings (SSSR count). The first-order valence-corrected chi connectivity index (χ1v) is 11.1. The number of benzene rings is 2. The molecule has 1 atom stereocenters. The van der Waals surface area contributed by atoms with E-state index in [2.05, 4.69) is 10.6 Å². The van der Waals surface area contributed by atoms with Crippen molar-refractivity contribution in [3.63, 3.8) is 0 Å². The van der Waals surface area contributed by atoms with Crippen LogP contribution in [0.5, 0.6) is 0 Å². The Bertz CT molecular complexity index is 929. The fourth-order valence-electron chi connectivity index (χ4n) is 3.35. The second-order valence-corrected chi connectivity index (χ2v) is 7.90. The van der Waals surface area contributed by atoms with Crippen molar-refractivity contribution in [1.29, 1.82) is 5.41 Å². The van der Waals surface area contributed by atoms with Crippen LogP contribution in [0.3, 0.4) is 0 Å². The number of nitrogens with one attached hydrogen (secondary N) is 3. The first kappa shape index (κ1) is 25.6. The highest BCUT2D eigenvalue weighted by molar-refractivity contribution is 5.94. The molecule has 0 aliphatic rings. The Morgan fingerprint density at radius 3 is 2.21 bits per heavy atom.